The number of carbonyl (C=O) groups is 2. The lowest BCUT2D eigenvalue weighted by Gasteiger charge is -2.13. The van der Waals surface area contributed by atoms with Crippen LogP contribution < -0.4 is 0 Å². The molecule has 3 rings (SSSR count). The maximum Gasteiger partial charge on any atom is 0.261 e. The summed E-state index contributed by atoms with van der Waals surface area (Å²) in [5, 5.41) is 0. The number of imide groups is 1. The molecule has 1 aliphatic heterocycles. The van der Waals surface area contributed by atoms with Gasteiger partial charge in [0.15, 0.2) is 0 Å². The molecule has 0 radical (unpaired) electrons. The number of benzene rings is 1. The van der Waals surface area contributed by atoms with Gasteiger partial charge in [0.05, 0.1) is 23.4 Å². The van der Waals surface area contributed by atoms with E-state index in [0.717, 1.165) is 11.4 Å². The summed E-state index contributed by atoms with van der Waals surface area (Å²) in [5.74, 6) is -0.493. The zero-order chi connectivity index (χ0) is 13.4. The Morgan fingerprint density at radius 2 is 1.58 bits per heavy atom. The van der Waals surface area contributed by atoms with Gasteiger partial charge in [0, 0.05) is 5.69 Å². The Labute approximate surface area is 110 Å². The molecule has 0 unspecified atom stereocenters. The first kappa shape index (κ1) is 11.6. The molecule has 0 bridgehead atoms. The Morgan fingerprint density at radius 1 is 0.947 bits per heavy atom. The average molecular weight is 252 g/mol. The van der Waals surface area contributed by atoms with Crippen LogP contribution in [0.1, 0.15) is 32.1 Å². The lowest BCUT2D eigenvalue weighted by molar-refractivity contribution is 0.0640. The van der Waals surface area contributed by atoms with Gasteiger partial charge in [-0.2, -0.15) is 0 Å². The predicted octanol–water partition coefficient (Wildman–Crippen LogP) is 2.19. The van der Waals surface area contributed by atoms with E-state index in [1.54, 1.807) is 24.3 Å². The smallest absolute Gasteiger partial charge is 0.261 e. The topological polar surface area (TPSA) is 50.3 Å². The summed E-state index contributed by atoms with van der Waals surface area (Å²) in [6.45, 7) is 2.10. The number of fused-ring (bicyclic) bond motifs is 1. The van der Waals surface area contributed by atoms with Crippen molar-refractivity contribution in [2.75, 3.05) is 0 Å². The highest BCUT2D eigenvalue weighted by Gasteiger charge is 2.35. The molecule has 2 amide bonds. The van der Waals surface area contributed by atoms with E-state index in [2.05, 4.69) is 4.98 Å². The van der Waals surface area contributed by atoms with Crippen LogP contribution in [-0.2, 0) is 6.54 Å². The first-order valence-corrected chi connectivity index (χ1v) is 6.04. The van der Waals surface area contributed by atoms with Crippen molar-refractivity contribution >= 4 is 11.8 Å². The van der Waals surface area contributed by atoms with Crippen LogP contribution in [0, 0.1) is 6.92 Å². The molecular weight excluding hydrogens is 240 g/mol. The fourth-order valence-corrected chi connectivity index (χ4v) is 2.23. The van der Waals surface area contributed by atoms with Crippen molar-refractivity contribution in [3.05, 3.63) is 65.0 Å². The van der Waals surface area contributed by atoms with Crippen molar-refractivity contribution < 1.29 is 9.59 Å². The first-order chi connectivity index (χ1) is 9.16. The van der Waals surface area contributed by atoms with Gasteiger partial charge >= 0.3 is 0 Å². The number of hydrogen-bond donors (Lipinski definition) is 0. The van der Waals surface area contributed by atoms with Crippen LogP contribution in [0.15, 0.2) is 42.5 Å². The second-order valence-corrected chi connectivity index (χ2v) is 4.51. The molecule has 94 valence electrons. The Bertz CT molecular complexity index is 644. The summed E-state index contributed by atoms with van der Waals surface area (Å²) < 4.78 is 0. The third kappa shape index (κ3) is 1.91. The SMILES string of the molecule is Cc1cccc(CN2C(=O)c3ccccc3C2=O)n1. The van der Waals surface area contributed by atoms with Crippen molar-refractivity contribution in [3.8, 4) is 0 Å². The van der Waals surface area contributed by atoms with Gasteiger partial charge in [0.1, 0.15) is 0 Å². The van der Waals surface area contributed by atoms with Crippen molar-refractivity contribution in [1.29, 1.82) is 0 Å². The average Bonchev–Trinajstić information content (AvgIpc) is 2.65. The number of carbonyl (C=O) groups excluding carboxylic acids is 2. The summed E-state index contributed by atoms with van der Waals surface area (Å²) in [5.41, 5.74) is 2.53. The quantitative estimate of drug-likeness (QED) is 0.770. The summed E-state index contributed by atoms with van der Waals surface area (Å²) in [6, 6.07) is 12.5. The third-order valence-electron chi connectivity index (χ3n) is 3.14. The molecule has 0 atom stereocenters. The van der Waals surface area contributed by atoms with Crippen LogP contribution in [0.3, 0.4) is 0 Å². The Morgan fingerprint density at radius 3 is 2.16 bits per heavy atom. The van der Waals surface area contributed by atoms with Crippen molar-refractivity contribution in [1.82, 2.24) is 9.88 Å². The lowest BCUT2D eigenvalue weighted by atomic mass is 10.1. The fraction of sp³-hybridized carbons (Fsp3) is 0.133. The van der Waals surface area contributed by atoms with E-state index in [0.29, 0.717) is 11.1 Å². The summed E-state index contributed by atoms with van der Waals surface area (Å²) >= 11 is 0. The number of amides is 2. The molecule has 0 N–H and O–H groups in total. The molecule has 0 aliphatic carbocycles. The highest BCUT2D eigenvalue weighted by Crippen LogP contribution is 2.23. The van der Waals surface area contributed by atoms with E-state index in [1.807, 2.05) is 25.1 Å². The second-order valence-electron chi connectivity index (χ2n) is 4.51. The molecule has 4 nitrogen and oxygen atoms in total. The molecule has 1 aliphatic rings. The number of aryl methyl sites for hydroxylation is 1. The minimum atomic E-state index is -0.246. The molecule has 0 fully saturated rings. The van der Waals surface area contributed by atoms with Gasteiger partial charge in [-0.05, 0) is 31.2 Å². The summed E-state index contributed by atoms with van der Waals surface area (Å²) in [7, 11) is 0. The highest BCUT2D eigenvalue weighted by molar-refractivity contribution is 6.21. The minimum absolute atomic E-state index is 0.216. The molecule has 0 saturated carbocycles. The Balaban J connectivity index is 1.92. The Hall–Kier alpha value is -2.49. The van der Waals surface area contributed by atoms with Crippen LogP contribution in [0.5, 0.6) is 0 Å². The van der Waals surface area contributed by atoms with Gasteiger partial charge in [-0.1, -0.05) is 18.2 Å². The Kier molecular flexibility index (Phi) is 2.63. The fourth-order valence-electron chi connectivity index (χ4n) is 2.23. The minimum Gasteiger partial charge on any atom is -0.269 e. The van der Waals surface area contributed by atoms with Gasteiger partial charge < -0.3 is 0 Å². The number of rotatable bonds is 2. The zero-order valence-corrected chi connectivity index (χ0v) is 10.5. The molecule has 1 aromatic carbocycles. The van der Waals surface area contributed by atoms with E-state index >= 15 is 0 Å². The number of aromatic nitrogens is 1. The molecule has 2 heterocycles. The molecule has 1 aromatic heterocycles. The molecule has 0 spiro atoms. The van der Waals surface area contributed by atoms with E-state index < -0.39 is 0 Å². The van der Waals surface area contributed by atoms with Crippen molar-refractivity contribution in [2.24, 2.45) is 0 Å². The van der Waals surface area contributed by atoms with Crippen LogP contribution in [-0.4, -0.2) is 21.7 Å². The van der Waals surface area contributed by atoms with E-state index in [9.17, 15) is 9.59 Å². The van der Waals surface area contributed by atoms with Gasteiger partial charge in [0.25, 0.3) is 11.8 Å². The number of pyridine rings is 1. The third-order valence-corrected chi connectivity index (χ3v) is 3.14. The van der Waals surface area contributed by atoms with E-state index in [4.69, 9.17) is 0 Å². The van der Waals surface area contributed by atoms with Crippen LogP contribution in [0.2, 0.25) is 0 Å². The molecule has 19 heavy (non-hydrogen) atoms. The highest BCUT2D eigenvalue weighted by atomic mass is 16.2. The number of hydrogen-bond acceptors (Lipinski definition) is 3. The van der Waals surface area contributed by atoms with Crippen LogP contribution >= 0.6 is 0 Å². The van der Waals surface area contributed by atoms with Gasteiger partial charge in [-0.15, -0.1) is 0 Å². The summed E-state index contributed by atoms with van der Waals surface area (Å²) in [4.78, 5) is 29.9. The van der Waals surface area contributed by atoms with Gasteiger partial charge in [-0.3, -0.25) is 19.5 Å². The standard InChI is InChI=1S/C15H12N2O2/c1-10-5-4-6-11(16-10)9-17-14(18)12-7-2-3-8-13(12)15(17)19/h2-8H,9H2,1H3. The largest absolute Gasteiger partial charge is 0.269 e. The van der Waals surface area contributed by atoms with E-state index in [1.165, 1.54) is 4.90 Å². The van der Waals surface area contributed by atoms with Gasteiger partial charge in [-0.25, -0.2) is 0 Å². The first-order valence-electron chi connectivity index (χ1n) is 6.04. The lowest BCUT2D eigenvalue weighted by Crippen LogP contribution is -2.29. The van der Waals surface area contributed by atoms with E-state index in [-0.39, 0.29) is 18.4 Å². The number of nitrogens with zero attached hydrogens (tertiary/aromatic N) is 2. The molecule has 2 aromatic rings. The zero-order valence-electron chi connectivity index (χ0n) is 10.5. The van der Waals surface area contributed by atoms with Crippen LogP contribution in [0.25, 0.3) is 0 Å². The van der Waals surface area contributed by atoms with Crippen molar-refractivity contribution in [2.45, 2.75) is 13.5 Å². The second kappa shape index (κ2) is 4.31. The van der Waals surface area contributed by atoms with Gasteiger partial charge in [0.2, 0.25) is 0 Å². The molecule has 0 saturated heterocycles. The van der Waals surface area contributed by atoms with Crippen LogP contribution in [0.4, 0.5) is 0 Å². The summed E-state index contributed by atoms with van der Waals surface area (Å²) in [6.07, 6.45) is 0. The maximum absolute atomic E-state index is 12.2. The van der Waals surface area contributed by atoms with Crippen molar-refractivity contribution in [3.63, 3.8) is 0 Å². The molecule has 4 heteroatoms. The maximum atomic E-state index is 12.2. The molecular formula is C15H12N2O2. The normalized spacial score (nSPS) is 13.8. The predicted molar refractivity (Wildman–Crippen MR) is 69.6 cm³/mol. The monoisotopic (exact) mass is 252 g/mol.